The van der Waals surface area contributed by atoms with Gasteiger partial charge in [-0.25, -0.2) is 4.39 Å². The molecule has 1 aromatic carbocycles. The van der Waals surface area contributed by atoms with Crippen molar-refractivity contribution in [2.45, 2.75) is 39.3 Å². The second-order valence-electron chi connectivity index (χ2n) is 5.23. The van der Waals surface area contributed by atoms with Gasteiger partial charge in [0.1, 0.15) is 5.82 Å². The molecule has 2 N–H and O–H groups in total. The zero-order valence-corrected chi connectivity index (χ0v) is 11.7. The van der Waals surface area contributed by atoms with Crippen molar-refractivity contribution in [2.24, 2.45) is 0 Å². The number of nitrogens with zero attached hydrogens (tertiary/aromatic N) is 1. The first-order valence-corrected chi connectivity index (χ1v) is 6.01. The summed E-state index contributed by atoms with van der Waals surface area (Å²) in [4.78, 5) is 22.1. The first-order valence-electron chi connectivity index (χ1n) is 6.01. The zero-order valence-electron chi connectivity index (χ0n) is 11.7. The number of rotatable bonds is 4. The molecule has 0 spiro atoms. The number of halogens is 1. The fourth-order valence-electron chi connectivity index (χ4n) is 1.49. The van der Waals surface area contributed by atoms with E-state index >= 15 is 0 Å². The van der Waals surface area contributed by atoms with Crippen molar-refractivity contribution in [2.75, 3.05) is 0 Å². The number of nitrogens with one attached hydrogen (secondary N) is 1. The van der Waals surface area contributed by atoms with E-state index in [0.717, 1.165) is 12.1 Å². The fourth-order valence-corrected chi connectivity index (χ4v) is 1.49. The summed E-state index contributed by atoms with van der Waals surface area (Å²) in [6, 6.07) is 1.95. The molecular weight excluding hydrogens is 267 g/mol. The summed E-state index contributed by atoms with van der Waals surface area (Å²) in [5.74, 6) is -1.62. The van der Waals surface area contributed by atoms with Gasteiger partial charge in [-0.1, -0.05) is 0 Å². The van der Waals surface area contributed by atoms with E-state index in [1.807, 2.05) is 0 Å². The highest BCUT2D eigenvalue weighted by Crippen LogP contribution is 2.22. The molecule has 1 atom stereocenters. The molecule has 7 heteroatoms. The van der Waals surface area contributed by atoms with Crippen LogP contribution in [0.15, 0.2) is 12.1 Å². The minimum absolute atomic E-state index is 0.0132. The van der Waals surface area contributed by atoms with Crippen molar-refractivity contribution in [1.29, 1.82) is 0 Å². The normalized spacial score (nSPS) is 12.9. The predicted octanol–water partition coefficient (Wildman–Crippen LogP) is 1.93. The number of benzene rings is 1. The van der Waals surface area contributed by atoms with Crippen LogP contribution in [0.5, 0.6) is 0 Å². The molecule has 1 aromatic rings. The van der Waals surface area contributed by atoms with Gasteiger partial charge in [-0.3, -0.25) is 14.9 Å². The fraction of sp³-hybridized carbons (Fsp3) is 0.462. The van der Waals surface area contributed by atoms with Gasteiger partial charge in [0.05, 0.1) is 22.1 Å². The lowest BCUT2D eigenvalue weighted by Crippen LogP contribution is -2.51. The highest BCUT2D eigenvalue weighted by Gasteiger charge is 2.29. The van der Waals surface area contributed by atoms with Gasteiger partial charge < -0.3 is 10.4 Å². The third-order valence-electron chi connectivity index (χ3n) is 3.17. The van der Waals surface area contributed by atoms with Crippen LogP contribution in [0.2, 0.25) is 0 Å². The van der Waals surface area contributed by atoms with Crippen LogP contribution in [0.3, 0.4) is 0 Å². The molecule has 20 heavy (non-hydrogen) atoms. The maximum atomic E-state index is 13.9. The first kappa shape index (κ1) is 16.0. The lowest BCUT2D eigenvalue weighted by Gasteiger charge is -2.29. The van der Waals surface area contributed by atoms with Crippen LogP contribution in [0, 0.1) is 22.9 Å². The van der Waals surface area contributed by atoms with E-state index in [1.165, 1.54) is 13.8 Å². The van der Waals surface area contributed by atoms with Crippen LogP contribution >= 0.6 is 0 Å². The van der Waals surface area contributed by atoms with Gasteiger partial charge in [0.25, 0.3) is 11.6 Å². The number of aryl methyl sites for hydroxylation is 1. The topological polar surface area (TPSA) is 92.5 Å². The highest BCUT2D eigenvalue weighted by atomic mass is 19.1. The Kier molecular flexibility index (Phi) is 4.44. The minimum Gasteiger partial charge on any atom is -0.391 e. The zero-order chi connectivity index (χ0) is 15.7. The Morgan fingerprint density at radius 1 is 1.50 bits per heavy atom. The number of aliphatic hydroxyl groups is 1. The molecule has 0 radical (unpaired) electrons. The average Bonchev–Trinajstić information content (AvgIpc) is 2.31. The summed E-state index contributed by atoms with van der Waals surface area (Å²) in [5, 5.41) is 22.7. The largest absolute Gasteiger partial charge is 0.391 e. The second-order valence-corrected chi connectivity index (χ2v) is 5.23. The van der Waals surface area contributed by atoms with Crippen molar-refractivity contribution in [3.05, 3.63) is 39.2 Å². The smallest absolute Gasteiger partial charge is 0.270 e. The number of aliphatic hydroxyl groups excluding tert-OH is 1. The molecule has 0 fully saturated rings. The van der Waals surface area contributed by atoms with E-state index < -0.39 is 33.9 Å². The Bertz CT molecular complexity index is 556. The predicted molar refractivity (Wildman–Crippen MR) is 71.0 cm³/mol. The molecule has 0 saturated carbocycles. The molecule has 0 bridgehead atoms. The Balaban J connectivity index is 3.19. The molecule has 0 aliphatic carbocycles. The molecule has 1 rings (SSSR count). The van der Waals surface area contributed by atoms with Gasteiger partial charge in [-0.2, -0.15) is 0 Å². The van der Waals surface area contributed by atoms with Crippen molar-refractivity contribution in [3.8, 4) is 0 Å². The van der Waals surface area contributed by atoms with Crippen LogP contribution in [0.25, 0.3) is 0 Å². The van der Waals surface area contributed by atoms with E-state index in [4.69, 9.17) is 0 Å². The van der Waals surface area contributed by atoms with Gasteiger partial charge in [0.2, 0.25) is 0 Å². The summed E-state index contributed by atoms with van der Waals surface area (Å²) in [5.41, 5.74) is -1.74. The molecule has 110 valence electrons. The van der Waals surface area contributed by atoms with Crippen molar-refractivity contribution in [1.82, 2.24) is 5.32 Å². The van der Waals surface area contributed by atoms with Gasteiger partial charge in [-0.05, 0) is 33.3 Å². The van der Waals surface area contributed by atoms with Gasteiger partial charge in [0, 0.05) is 12.1 Å². The van der Waals surface area contributed by atoms with Gasteiger partial charge >= 0.3 is 0 Å². The van der Waals surface area contributed by atoms with E-state index in [-0.39, 0.29) is 11.3 Å². The third-order valence-corrected chi connectivity index (χ3v) is 3.17. The highest BCUT2D eigenvalue weighted by molar-refractivity contribution is 5.95. The Hall–Kier alpha value is -2.02. The number of non-ortho nitro benzene ring substituents is 1. The maximum absolute atomic E-state index is 13.9. The monoisotopic (exact) mass is 284 g/mol. The molecule has 0 aliphatic heterocycles. The van der Waals surface area contributed by atoms with Crippen molar-refractivity contribution in [3.63, 3.8) is 0 Å². The summed E-state index contributed by atoms with van der Waals surface area (Å²) in [6.07, 6.45) is -0.866. The van der Waals surface area contributed by atoms with Gasteiger partial charge in [0.15, 0.2) is 0 Å². The van der Waals surface area contributed by atoms with E-state index in [9.17, 15) is 24.4 Å². The molecule has 6 nitrogen and oxygen atoms in total. The number of hydrogen-bond acceptors (Lipinski definition) is 4. The summed E-state index contributed by atoms with van der Waals surface area (Å²) in [6.45, 7) is 5.96. The van der Waals surface area contributed by atoms with E-state index in [1.54, 1.807) is 13.8 Å². The standard InChI is InChI=1S/C13H17FN2O4/c1-7-5-9(16(19)20)6-10(11(7)14)12(18)15-13(3,4)8(2)17/h5-6,8,17H,1-4H3,(H,15,18). The average molecular weight is 284 g/mol. The number of carbonyl (C=O) groups excluding carboxylic acids is 1. The van der Waals surface area contributed by atoms with Gasteiger partial charge in [-0.15, -0.1) is 0 Å². The van der Waals surface area contributed by atoms with Crippen LogP contribution in [0.1, 0.15) is 36.7 Å². The lowest BCUT2D eigenvalue weighted by molar-refractivity contribution is -0.385. The molecular formula is C13H17FN2O4. The van der Waals surface area contributed by atoms with Crippen LogP contribution in [-0.4, -0.2) is 27.6 Å². The number of carbonyl (C=O) groups is 1. The molecule has 0 aromatic heterocycles. The number of nitro benzene ring substituents is 1. The summed E-state index contributed by atoms with van der Waals surface area (Å²) >= 11 is 0. The molecule has 1 unspecified atom stereocenters. The van der Waals surface area contributed by atoms with Crippen LogP contribution in [-0.2, 0) is 0 Å². The number of nitro groups is 1. The quantitative estimate of drug-likeness (QED) is 0.652. The lowest BCUT2D eigenvalue weighted by atomic mass is 9.97. The maximum Gasteiger partial charge on any atom is 0.270 e. The molecule has 0 saturated heterocycles. The van der Waals surface area contributed by atoms with Crippen LogP contribution < -0.4 is 5.32 Å². The number of amides is 1. The Morgan fingerprint density at radius 3 is 2.50 bits per heavy atom. The Labute approximate surface area is 115 Å². The van der Waals surface area contributed by atoms with Crippen LogP contribution in [0.4, 0.5) is 10.1 Å². The van der Waals surface area contributed by atoms with E-state index in [0.29, 0.717) is 0 Å². The SMILES string of the molecule is Cc1cc([N+](=O)[O-])cc(C(=O)NC(C)(C)C(C)O)c1F. The van der Waals surface area contributed by atoms with E-state index in [2.05, 4.69) is 5.32 Å². The molecule has 0 aliphatic rings. The molecule has 0 heterocycles. The first-order chi connectivity index (χ1) is 9.06. The Morgan fingerprint density at radius 2 is 2.05 bits per heavy atom. The minimum atomic E-state index is -0.984. The number of hydrogen-bond donors (Lipinski definition) is 2. The second kappa shape index (κ2) is 5.54. The summed E-state index contributed by atoms with van der Waals surface area (Å²) < 4.78 is 13.9. The van der Waals surface area contributed by atoms with Crippen molar-refractivity contribution < 1.29 is 19.2 Å². The van der Waals surface area contributed by atoms with Crippen molar-refractivity contribution >= 4 is 11.6 Å². The third kappa shape index (κ3) is 3.30. The summed E-state index contributed by atoms with van der Waals surface area (Å²) in [7, 11) is 0. The molecule has 1 amide bonds.